The summed E-state index contributed by atoms with van der Waals surface area (Å²) in [5, 5.41) is 0. The second-order valence-electron chi connectivity index (χ2n) is 6.67. The van der Waals surface area contributed by atoms with Crippen LogP contribution in [0.1, 0.15) is 28.7 Å². The molecule has 24 heavy (non-hydrogen) atoms. The fourth-order valence-electron chi connectivity index (χ4n) is 4.29. The van der Waals surface area contributed by atoms with Crippen LogP contribution in [0.3, 0.4) is 0 Å². The highest BCUT2D eigenvalue weighted by atomic mass is 14.6. The minimum absolute atomic E-state index is 1.12. The van der Waals surface area contributed by atoms with Gasteiger partial charge in [-0.25, -0.2) is 0 Å². The third-order valence-electron chi connectivity index (χ3n) is 5.39. The van der Waals surface area contributed by atoms with E-state index in [-0.39, 0.29) is 0 Å². The van der Waals surface area contributed by atoms with E-state index in [2.05, 4.69) is 53.5 Å². The highest BCUT2D eigenvalue weighted by molar-refractivity contribution is 5.83. The molecule has 0 aliphatic heterocycles. The number of nitrogens with zero attached hydrogens (tertiary/aromatic N) is 1. The van der Waals surface area contributed by atoms with E-state index in [0.29, 0.717) is 0 Å². The molecule has 0 spiro atoms. The molecule has 0 bridgehead atoms. The number of hydrogen-bond donors (Lipinski definition) is 0. The molecular weight excluding hydrogens is 290 g/mol. The van der Waals surface area contributed by atoms with Crippen molar-refractivity contribution in [1.29, 1.82) is 0 Å². The molecule has 1 aromatic heterocycles. The Hall–Kier alpha value is -2.67. The van der Waals surface area contributed by atoms with Crippen molar-refractivity contribution in [3.8, 4) is 22.3 Å². The second kappa shape index (κ2) is 5.45. The molecule has 1 nitrogen and oxygen atoms in total. The first-order chi connectivity index (χ1) is 11.9. The van der Waals surface area contributed by atoms with Gasteiger partial charge in [-0.2, -0.15) is 0 Å². The van der Waals surface area contributed by atoms with E-state index < -0.39 is 0 Å². The summed E-state index contributed by atoms with van der Waals surface area (Å²) in [7, 11) is 0. The largest absolute Gasteiger partial charge is 0.264 e. The Labute approximate surface area is 142 Å². The molecule has 0 radical (unpaired) electrons. The molecule has 116 valence electrons. The Morgan fingerprint density at radius 1 is 0.708 bits per heavy atom. The molecule has 1 heterocycles. The third kappa shape index (κ3) is 2.05. The Kier molecular flexibility index (Phi) is 3.12. The summed E-state index contributed by atoms with van der Waals surface area (Å²) in [5.41, 5.74) is 11.5. The van der Waals surface area contributed by atoms with Gasteiger partial charge in [0.25, 0.3) is 0 Å². The first kappa shape index (κ1) is 13.7. The van der Waals surface area contributed by atoms with Crippen molar-refractivity contribution in [2.45, 2.75) is 25.7 Å². The minimum Gasteiger partial charge on any atom is -0.264 e. The zero-order chi connectivity index (χ0) is 15.9. The van der Waals surface area contributed by atoms with Gasteiger partial charge in [-0.05, 0) is 70.7 Å². The lowest BCUT2D eigenvalue weighted by Gasteiger charge is -2.26. The Morgan fingerprint density at radius 3 is 2.50 bits per heavy atom. The van der Waals surface area contributed by atoms with Crippen LogP contribution in [0.5, 0.6) is 0 Å². The molecule has 3 aromatic rings. The van der Waals surface area contributed by atoms with Gasteiger partial charge in [0.15, 0.2) is 0 Å². The minimum atomic E-state index is 1.12. The summed E-state index contributed by atoms with van der Waals surface area (Å²) >= 11 is 0. The molecule has 0 fully saturated rings. The molecule has 5 rings (SSSR count). The van der Waals surface area contributed by atoms with Gasteiger partial charge in [0.05, 0.1) is 0 Å². The Bertz CT molecular complexity index is 951. The van der Waals surface area contributed by atoms with Gasteiger partial charge in [-0.15, -0.1) is 0 Å². The maximum Gasteiger partial charge on any atom is 0.0346 e. The first-order valence-corrected chi connectivity index (χ1v) is 8.76. The number of fused-ring (bicyclic) bond motifs is 5. The van der Waals surface area contributed by atoms with Gasteiger partial charge in [0, 0.05) is 18.0 Å². The standard InChI is InChI=1S/C23H19N/c1-2-7-18-16(5-1)10-11-23-20-9-3-8-19(17-6-4-14-24-15-17)22(20)13-12-21(18)23/h1,3-6,8-11,14-15H,2,7,12-13H2. The Morgan fingerprint density at radius 2 is 1.58 bits per heavy atom. The van der Waals surface area contributed by atoms with Crippen molar-refractivity contribution in [3.05, 3.63) is 83.2 Å². The summed E-state index contributed by atoms with van der Waals surface area (Å²) < 4.78 is 0. The van der Waals surface area contributed by atoms with Crippen LogP contribution in [-0.4, -0.2) is 4.98 Å². The van der Waals surface area contributed by atoms with E-state index in [1.54, 1.807) is 11.1 Å². The van der Waals surface area contributed by atoms with Gasteiger partial charge >= 0.3 is 0 Å². The number of benzene rings is 2. The second-order valence-corrected chi connectivity index (χ2v) is 6.67. The number of rotatable bonds is 1. The molecule has 0 saturated heterocycles. The monoisotopic (exact) mass is 309 g/mol. The van der Waals surface area contributed by atoms with E-state index in [9.17, 15) is 0 Å². The molecule has 0 amide bonds. The van der Waals surface area contributed by atoms with Crippen molar-refractivity contribution in [2.75, 3.05) is 0 Å². The van der Waals surface area contributed by atoms with Gasteiger partial charge in [0.1, 0.15) is 0 Å². The maximum absolute atomic E-state index is 4.30. The van der Waals surface area contributed by atoms with E-state index in [1.807, 2.05) is 18.5 Å². The molecule has 2 aliphatic carbocycles. The Balaban J connectivity index is 1.72. The van der Waals surface area contributed by atoms with Crippen molar-refractivity contribution in [2.24, 2.45) is 0 Å². The van der Waals surface area contributed by atoms with Gasteiger partial charge in [-0.3, -0.25) is 4.98 Å². The summed E-state index contributed by atoms with van der Waals surface area (Å²) in [6.45, 7) is 0. The first-order valence-electron chi connectivity index (χ1n) is 8.76. The van der Waals surface area contributed by atoms with Crippen LogP contribution in [0.25, 0.3) is 28.3 Å². The van der Waals surface area contributed by atoms with Crippen LogP contribution in [0.2, 0.25) is 0 Å². The average Bonchev–Trinajstić information content (AvgIpc) is 2.67. The van der Waals surface area contributed by atoms with E-state index in [1.165, 1.54) is 46.2 Å². The summed E-state index contributed by atoms with van der Waals surface area (Å²) in [5.74, 6) is 0. The lowest BCUT2D eigenvalue weighted by atomic mass is 9.78. The summed E-state index contributed by atoms with van der Waals surface area (Å²) in [4.78, 5) is 4.30. The zero-order valence-electron chi connectivity index (χ0n) is 13.6. The molecule has 0 atom stereocenters. The van der Waals surface area contributed by atoms with Crippen LogP contribution in [0.4, 0.5) is 0 Å². The highest BCUT2D eigenvalue weighted by Gasteiger charge is 2.22. The number of allylic oxidation sites excluding steroid dienone is 1. The van der Waals surface area contributed by atoms with Crippen molar-refractivity contribution in [1.82, 2.24) is 4.98 Å². The van der Waals surface area contributed by atoms with E-state index >= 15 is 0 Å². The van der Waals surface area contributed by atoms with E-state index in [4.69, 9.17) is 0 Å². The average molecular weight is 309 g/mol. The summed E-state index contributed by atoms with van der Waals surface area (Å²) in [6, 6.07) is 15.5. The zero-order valence-corrected chi connectivity index (χ0v) is 13.6. The van der Waals surface area contributed by atoms with Crippen molar-refractivity contribution in [3.63, 3.8) is 0 Å². The number of pyridine rings is 1. The topological polar surface area (TPSA) is 12.9 Å². The molecule has 0 unspecified atom stereocenters. The lowest BCUT2D eigenvalue weighted by molar-refractivity contribution is 0.888. The summed E-state index contributed by atoms with van der Waals surface area (Å²) in [6.07, 6.45) is 13.0. The van der Waals surface area contributed by atoms with Crippen LogP contribution in [0.15, 0.2) is 60.9 Å². The molecule has 2 aliphatic rings. The van der Waals surface area contributed by atoms with Crippen LogP contribution in [0, 0.1) is 0 Å². The molecule has 2 aromatic carbocycles. The fraction of sp³-hybridized carbons (Fsp3) is 0.174. The highest BCUT2D eigenvalue weighted by Crippen LogP contribution is 2.41. The predicted molar refractivity (Wildman–Crippen MR) is 99.9 cm³/mol. The number of hydrogen-bond acceptors (Lipinski definition) is 1. The smallest absolute Gasteiger partial charge is 0.0346 e. The van der Waals surface area contributed by atoms with Crippen LogP contribution < -0.4 is 0 Å². The normalized spacial score (nSPS) is 14.7. The maximum atomic E-state index is 4.30. The van der Waals surface area contributed by atoms with Crippen molar-refractivity contribution < 1.29 is 0 Å². The predicted octanol–water partition coefficient (Wildman–Crippen LogP) is 5.47. The van der Waals surface area contributed by atoms with Crippen molar-refractivity contribution >= 4 is 6.08 Å². The van der Waals surface area contributed by atoms with Gasteiger partial charge in [-0.1, -0.05) is 48.6 Å². The van der Waals surface area contributed by atoms with Gasteiger partial charge < -0.3 is 0 Å². The SMILES string of the molecule is C1=Cc2ccc3c(c2CC1)CCc1c(-c2cccnc2)cccc1-3. The third-order valence-corrected chi connectivity index (χ3v) is 5.39. The number of aromatic nitrogens is 1. The van der Waals surface area contributed by atoms with E-state index in [0.717, 1.165) is 12.8 Å². The quantitative estimate of drug-likeness (QED) is 0.580. The fourth-order valence-corrected chi connectivity index (χ4v) is 4.29. The molecule has 0 N–H and O–H groups in total. The van der Waals surface area contributed by atoms with Crippen LogP contribution >= 0.6 is 0 Å². The molecule has 0 saturated carbocycles. The van der Waals surface area contributed by atoms with Gasteiger partial charge in [0.2, 0.25) is 0 Å². The molecule has 1 heteroatoms. The van der Waals surface area contributed by atoms with Crippen LogP contribution in [-0.2, 0) is 19.3 Å². The molecular formula is C23H19N. The lowest BCUT2D eigenvalue weighted by Crippen LogP contribution is -2.10.